The van der Waals surface area contributed by atoms with E-state index in [9.17, 15) is 10.1 Å². The van der Waals surface area contributed by atoms with Crippen LogP contribution in [0, 0.1) is 18.3 Å². The maximum Gasteiger partial charge on any atom is 0.258 e. The van der Waals surface area contributed by atoms with Crippen molar-refractivity contribution in [3.05, 3.63) is 101 Å². The summed E-state index contributed by atoms with van der Waals surface area (Å²) in [6, 6.07) is 26.2. The van der Waals surface area contributed by atoms with Crippen LogP contribution in [0.15, 0.2) is 77.3 Å². The molecule has 0 bridgehead atoms. The number of hydrogen-bond acceptors (Lipinski definition) is 6. The minimum Gasteiger partial charge on any atom is -0.368 e. The molecule has 0 spiro atoms. The molecule has 6 rings (SSSR count). The summed E-state index contributed by atoms with van der Waals surface area (Å²) in [4.78, 5) is 19.8. The molecule has 2 aliphatic heterocycles. The minimum atomic E-state index is -0.0176. The number of carbonyl (C=O) groups excluding carboxylic acids is 1. The molecule has 37 heavy (non-hydrogen) atoms. The average molecular weight is 490 g/mol. The summed E-state index contributed by atoms with van der Waals surface area (Å²) in [5.74, 6) is 0.681. The predicted molar refractivity (Wildman–Crippen MR) is 143 cm³/mol. The summed E-state index contributed by atoms with van der Waals surface area (Å²) in [5, 5.41) is 13.9. The van der Waals surface area contributed by atoms with Gasteiger partial charge in [-0.1, -0.05) is 41.6 Å². The van der Waals surface area contributed by atoms with E-state index in [1.54, 1.807) is 4.90 Å². The fraction of sp³-hybridized carbons (Fsp3) is 0.233. The third kappa shape index (κ3) is 3.96. The van der Waals surface area contributed by atoms with E-state index in [0.717, 1.165) is 65.5 Å². The van der Waals surface area contributed by atoms with Gasteiger partial charge in [-0.3, -0.25) is 9.69 Å². The topological polar surface area (TPSA) is 76.6 Å². The normalized spacial score (nSPS) is 17.6. The van der Waals surface area contributed by atoms with Crippen molar-refractivity contribution in [3.8, 4) is 17.4 Å². The summed E-state index contributed by atoms with van der Waals surface area (Å²) in [7, 11) is 1.85. The van der Waals surface area contributed by atoms with E-state index < -0.39 is 0 Å². The largest absolute Gasteiger partial charge is 0.368 e. The SMILES string of the molecule is Cc1cc(-c2ccc(N3CCN(C4c5ccccc5C(=O)N(C)c5ccccc54)CC3)c(C#N)c2)on1. The van der Waals surface area contributed by atoms with Crippen molar-refractivity contribution in [1.29, 1.82) is 5.26 Å². The van der Waals surface area contributed by atoms with Gasteiger partial charge in [-0.15, -0.1) is 0 Å². The number of nitrogens with zero attached hydrogens (tertiary/aromatic N) is 5. The molecule has 4 aromatic rings. The van der Waals surface area contributed by atoms with Gasteiger partial charge in [-0.25, -0.2) is 0 Å². The zero-order valence-electron chi connectivity index (χ0n) is 20.9. The van der Waals surface area contributed by atoms with Gasteiger partial charge in [0, 0.05) is 56.1 Å². The lowest BCUT2D eigenvalue weighted by molar-refractivity contribution is 0.0992. The van der Waals surface area contributed by atoms with E-state index in [-0.39, 0.29) is 11.9 Å². The number of aryl methyl sites for hydroxylation is 1. The first-order chi connectivity index (χ1) is 18.0. The molecule has 1 atom stereocenters. The van der Waals surface area contributed by atoms with E-state index in [1.165, 1.54) is 0 Å². The molecule has 0 N–H and O–H groups in total. The summed E-state index contributed by atoms with van der Waals surface area (Å²) in [6.45, 7) is 5.05. The number of carbonyl (C=O) groups is 1. The van der Waals surface area contributed by atoms with Crippen molar-refractivity contribution in [2.75, 3.05) is 43.0 Å². The lowest BCUT2D eigenvalue weighted by atomic mass is 9.93. The highest BCUT2D eigenvalue weighted by molar-refractivity contribution is 6.08. The zero-order valence-corrected chi connectivity index (χ0v) is 20.9. The maximum atomic E-state index is 13.3. The Morgan fingerprint density at radius 1 is 0.919 bits per heavy atom. The number of anilines is 2. The minimum absolute atomic E-state index is 0.0176. The van der Waals surface area contributed by atoms with Crippen LogP contribution in [-0.4, -0.2) is 49.2 Å². The first-order valence-electron chi connectivity index (χ1n) is 12.5. The summed E-state index contributed by atoms with van der Waals surface area (Å²) in [5.41, 5.74) is 7.09. The first kappa shape index (κ1) is 23.0. The number of fused-ring (bicyclic) bond motifs is 2. The lowest BCUT2D eigenvalue weighted by Crippen LogP contribution is -2.48. The average Bonchev–Trinajstić information content (AvgIpc) is 3.36. The third-order valence-electron chi connectivity index (χ3n) is 7.43. The van der Waals surface area contributed by atoms with Crippen molar-refractivity contribution in [2.45, 2.75) is 13.0 Å². The van der Waals surface area contributed by atoms with Gasteiger partial charge in [-0.05, 0) is 48.4 Å². The molecule has 7 heteroatoms. The number of piperazine rings is 1. The molecule has 1 saturated heterocycles. The molecule has 7 nitrogen and oxygen atoms in total. The van der Waals surface area contributed by atoms with Gasteiger partial charge in [0.15, 0.2) is 5.76 Å². The second-order valence-corrected chi connectivity index (χ2v) is 9.61. The molecule has 3 heterocycles. The van der Waals surface area contributed by atoms with Gasteiger partial charge in [0.25, 0.3) is 5.91 Å². The fourth-order valence-corrected chi connectivity index (χ4v) is 5.58. The Hall–Kier alpha value is -4.41. The van der Waals surface area contributed by atoms with Crippen molar-refractivity contribution in [1.82, 2.24) is 10.1 Å². The van der Waals surface area contributed by atoms with E-state index >= 15 is 0 Å². The molecule has 1 unspecified atom stereocenters. The van der Waals surface area contributed by atoms with Crippen LogP contribution < -0.4 is 9.80 Å². The lowest BCUT2D eigenvalue weighted by Gasteiger charge is -2.41. The monoisotopic (exact) mass is 489 g/mol. The molecule has 0 saturated carbocycles. The van der Waals surface area contributed by atoms with Crippen LogP contribution in [0.3, 0.4) is 0 Å². The van der Waals surface area contributed by atoms with Gasteiger partial charge in [0.1, 0.15) is 6.07 Å². The van der Waals surface area contributed by atoms with Gasteiger partial charge < -0.3 is 14.3 Å². The van der Waals surface area contributed by atoms with Gasteiger partial charge in [-0.2, -0.15) is 5.26 Å². The highest BCUT2D eigenvalue weighted by Gasteiger charge is 2.35. The zero-order chi connectivity index (χ0) is 25.5. The molecule has 3 aromatic carbocycles. The number of para-hydroxylation sites is 1. The van der Waals surface area contributed by atoms with Crippen molar-refractivity contribution in [3.63, 3.8) is 0 Å². The highest BCUT2D eigenvalue weighted by Crippen LogP contribution is 2.40. The van der Waals surface area contributed by atoms with Crippen molar-refractivity contribution in [2.24, 2.45) is 0 Å². The maximum absolute atomic E-state index is 13.3. The second-order valence-electron chi connectivity index (χ2n) is 9.61. The van der Waals surface area contributed by atoms with Crippen molar-refractivity contribution < 1.29 is 9.32 Å². The van der Waals surface area contributed by atoms with Crippen LogP contribution >= 0.6 is 0 Å². The van der Waals surface area contributed by atoms with Crippen LogP contribution in [0.1, 0.15) is 38.8 Å². The Balaban J connectivity index is 1.30. The number of nitriles is 1. The number of amides is 1. The second kappa shape index (κ2) is 9.23. The fourth-order valence-electron chi connectivity index (χ4n) is 5.58. The summed E-state index contributed by atoms with van der Waals surface area (Å²) < 4.78 is 5.39. The number of benzene rings is 3. The molecular weight excluding hydrogens is 462 g/mol. The van der Waals surface area contributed by atoms with Crippen LogP contribution in [0.5, 0.6) is 0 Å². The smallest absolute Gasteiger partial charge is 0.258 e. The number of hydrogen-bond donors (Lipinski definition) is 0. The highest BCUT2D eigenvalue weighted by atomic mass is 16.5. The molecule has 184 valence electrons. The molecule has 0 radical (unpaired) electrons. The summed E-state index contributed by atoms with van der Waals surface area (Å²) >= 11 is 0. The van der Waals surface area contributed by atoms with Gasteiger partial charge in [0.05, 0.1) is 23.0 Å². The first-order valence-corrected chi connectivity index (χ1v) is 12.5. The quantitative estimate of drug-likeness (QED) is 0.402. The number of aromatic nitrogens is 1. The summed E-state index contributed by atoms with van der Waals surface area (Å²) in [6.07, 6.45) is 0. The van der Waals surface area contributed by atoms with Crippen molar-refractivity contribution >= 4 is 17.3 Å². The van der Waals surface area contributed by atoms with Crippen LogP contribution in [0.2, 0.25) is 0 Å². The molecular formula is C30H27N5O2. The molecule has 1 aromatic heterocycles. The van der Waals surface area contributed by atoms with Crippen LogP contribution in [0.25, 0.3) is 11.3 Å². The molecule has 2 aliphatic rings. The number of rotatable bonds is 3. The standard InChI is InChI=1S/C30H27N5O2/c1-20-17-28(37-32-20)21-11-12-26(22(18-21)19-31)34-13-15-35(16-14-34)29-23-7-3-4-8-24(23)30(36)33(2)27-10-6-5-9-25(27)29/h3-12,17-18,29H,13-16H2,1-2H3. The third-order valence-corrected chi connectivity index (χ3v) is 7.43. The predicted octanol–water partition coefficient (Wildman–Crippen LogP) is 5.02. The Kier molecular flexibility index (Phi) is 5.74. The van der Waals surface area contributed by atoms with Crippen LogP contribution in [0.4, 0.5) is 11.4 Å². The molecule has 1 amide bonds. The van der Waals surface area contributed by atoms with E-state index in [4.69, 9.17) is 4.52 Å². The van der Waals surface area contributed by atoms with E-state index in [1.807, 2.05) is 74.6 Å². The van der Waals surface area contributed by atoms with Gasteiger partial charge >= 0.3 is 0 Å². The molecule has 1 fully saturated rings. The van der Waals surface area contributed by atoms with Crippen LogP contribution in [-0.2, 0) is 0 Å². The molecule has 0 aliphatic carbocycles. The Morgan fingerprint density at radius 3 is 2.38 bits per heavy atom. The Bertz CT molecular complexity index is 1530. The van der Waals surface area contributed by atoms with E-state index in [0.29, 0.717) is 11.3 Å². The van der Waals surface area contributed by atoms with Gasteiger partial charge in [0.2, 0.25) is 0 Å². The Morgan fingerprint density at radius 2 is 1.65 bits per heavy atom. The Labute approximate surface area is 216 Å². The van der Waals surface area contributed by atoms with E-state index in [2.05, 4.69) is 33.2 Å².